The highest BCUT2D eigenvalue weighted by molar-refractivity contribution is 5.85. The number of aliphatic carboxylic acids is 1. The first-order valence-corrected chi connectivity index (χ1v) is 17.0. The molecule has 0 spiro atoms. The van der Waals surface area contributed by atoms with Crippen molar-refractivity contribution in [2.45, 2.75) is 58.9 Å². The van der Waals surface area contributed by atoms with Gasteiger partial charge in [0, 0.05) is 42.2 Å². The van der Waals surface area contributed by atoms with Gasteiger partial charge in [-0.15, -0.1) is 0 Å². The topological polar surface area (TPSA) is 122 Å². The summed E-state index contributed by atoms with van der Waals surface area (Å²) in [5, 5.41) is 12.1. The molecule has 9 nitrogen and oxygen atoms in total. The van der Waals surface area contributed by atoms with Gasteiger partial charge in [-0.3, -0.25) is 14.4 Å². The van der Waals surface area contributed by atoms with Gasteiger partial charge in [0.15, 0.2) is 5.82 Å². The molecular weight excluding hydrogens is 616 g/mol. The van der Waals surface area contributed by atoms with Crippen LogP contribution in [0.2, 0.25) is 0 Å². The smallest absolute Gasteiger partial charge is 0.310 e. The summed E-state index contributed by atoms with van der Waals surface area (Å²) in [5.74, 6) is 1.35. The molecule has 1 fully saturated rings. The highest BCUT2D eigenvalue weighted by Gasteiger charge is 2.37. The van der Waals surface area contributed by atoms with E-state index >= 15 is 0 Å². The number of benzene rings is 3. The average molecular weight is 665 g/mol. The van der Waals surface area contributed by atoms with Crippen molar-refractivity contribution in [3.8, 4) is 28.3 Å². The van der Waals surface area contributed by atoms with Crippen LogP contribution in [0.25, 0.3) is 22.5 Å². The van der Waals surface area contributed by atoms with Crippen molar-refractivity contribution < 1.29 is 24.2 Å². The molecular formula is C40H48N4O5. The summed E-state index contributed by atoms with van der Waals surface area (Å²) in [5.41, 5.74) is 5.87. The molecule has 1 atom stereocenters. The Bertz CT molecular complexity index is 1630. The molecule has 1 unspecified atom stereocenters. The first kappa shape index (κ1) is 36.9. The van der Waals surface area contributed by atoms with Crippen LogP contribution in [0.4, 0.5) is 0 Å². The number of likely N-dealkylation sites (N-methyl/N-ethyl adjacent to an activating group) is 1. The number of hydrogen-bond donors (Lipinski definition) is 2. The Morgan fingerprint density at radius 2 is 1.51 bits per heavy atom. The number of nitrogens with one attached hydrogen (secondary N) is 1. The van der Waals surface area contributed by atoms with E-state index in [1.807, 2.05) is 85.2 Å². The van der Waals surface area contributed by atoms with Gasteiger partial charge in [0.05, 0.1) is 18.6 Å². The summed E-state index contributed by atoms with van der Waals surface area (Å²) < 4.78 is 5.83. The zero-order valence-electron chi connectivity index (χ0n) is 29.1. The third-order valence-corrected chi connectivity index (χ3v) is 8.61. The van der Waals surface area contributed by atoms with Crippen LogP contribution in [0.5, 0.6) is 5.75 Å². The fourth-order valence-corrected chi connectivity index (χ4v) is 5.38. The van der Waals surface area contributed by atoms with Crippen molar-refractivity contribution >= 4 is 18.2 Å². The monoisotopic (exact) mass is 664 g/mol. The third-order valence-electron chi connectivity index (χ3n) is 8.61. The maximum absolute atomic E-state index is 12.7. The molecule has 258 valence electrons. The van der Waals surface area contributed by atoms with E-state index in [4.69, 9.17) is 9.84 Å². The lowest BCUT2D eigenvalue weighted by molar-refractivity contribution is -0.153. The summed E-state index contributed by atoms with van der Waals surface area (Å²) >= 11 is 0. The van der Waals surface area contributed by atoms with Crippen LogP contribution in [0.1, 0.15) is 67.9 Å². The fraction of sp³-hybridized carbons (Fsp3) is 0.375. The second kappa shape index (κ2) is 18.0. The van der Waals surface area contributed by atoms with Crippen LogP contribution in [0.15, 0.2) is 85.2 Å². The summed E-state index contributed by atoms with van der Waals surface area (Å²) in [6.07, 6.45) is 7.24. The molecule has 0 radical (unpaired) electrons. The Morgan fingerprint density at radius 3 is 2.04 bits per heavy atom. The normalized spacial score (nSPS) is 13.3. The quantitative estimate of drug-likeness (QED) is 0.110. The number of carbonyl (C=O) groups is 3. The second-order valence-electron chi connectivity index (χ2n) is 13.2. The molecule has 5 rings (SSSR count). The lowest BCUT2D eigenvalue weighted by Gasteiger charge is -2.38. The van der Waals surface area contributed by atoms with E-state index < -0.39 is 17.9 Å². The van der Waals surface area contributed by atoms with E-state index in [0.29, 0.717) is 24.1 Å². The Hall–Kier alpha value is -4.89. The molecule has 2 heterocycles. The second-order valence-corrected chi connectivity index (χ2v) is 13.2. The molecule has 1 aromatic heterocycles. The largest absolute Gasteiger partial charge is 0.494 e. The number of rotatable bonds is 14. The molecule has 3 aromatic carbocycles. The standard InChI is InChI=1S/C30H36N4O4.C10H12O/c1-20(2)5-4-14-38-26-12-10-22(11-13-26)24-16-32-28(33-17-24)23-8-6-21(7-9-23)15-27(31-3)29(35)34-18-25(19-34)30(36)37;1-8(2)10-5-3-9(7-11)4-6-10/h6-13,16-17,20,25,27,31H,4-5,14-15,18-19H2,1-3H3,(H,36,37);3-8H,1-2H3. The number of aldehydes is 1. The molecule has 0 aliphatic carbocycles. The lowest BCUT2D eigenvalue weighted by atomic mass is 9.97. The summed E-state index contributed by atoms with van der Waals surface area (Å²) in [6.45, 7) is 9.98. The Balaban J connectivity index is 0.000000418. The van der Waals surface area contributed by atoms with E-state index in [9.17, 15) is 14.4 Å². The Kier molecular flexibility index (Phi) is 13.6. The van der Waals surface area contributed by atoms with Crippen LogP contribution in [0, 0.1) is 11.8 Å². The van der Waals surface area contributed by atoms with Crippen molar-refractivity contribution in [3.63, 3.8) is 0 Å². The van der Waals surface area contributed by atoms with Crippen molar-refractivity contribution in [2.24, 2.45) is 11.8 Å². The third kappa shape index (κ3) is 10.8. The molecule has 9 heteroatoms. The molecule has 1 aliphatic heterocycles. The minimum Gasteiger partial charge on any atom is -0.494 e. The molecule has 0 saturated carbocycles. The number of ether oxygens (including phenoxy) is 1. The number of hydrogen-bond acceptors (Lipinski definition) is 7. The van der Waals surface area contributed by atoms with Gasteiger partial charge in [0.25, 0.3) is 0 Å². The van der Waals surface area contributed by atoms with E-state index in [0.717, 1.165) is 59.3 Å². The summed E-state index contributed by atoms with van der Waals surface area (Å²) in [4.78, 5) is 44.7. The van der Waals surface area contributed by atoms with Crippen molar-refractivity contribution in [1.82, 2.24) is 20.2 Å². The van der Waals surface area contributed by atoms with Gasteiger partial charge >= 0.3 is 5.97 Å². The number of likely N-dealkylation sites (tertiary alicyclic amines) is 1. The molecule has 1 amide bonds. The SMILES string of the molecule is CC(C)c1ccc(C=O)cc1.CNC(Cc1ccc(-c2ncc(-c3ccc(OCCCC(C)C)cc3)cn2)cc1)C(=O)N1CC(C(=O)O)C1. The number of carboxylic acid groups (broad SMARTS) is 1. The summed E-state index contributed by atoms with van der Waals surface area (Å²) in [6, 6.07) is 23.1. The van der Waals surface area contributed by atoms with Crippen molar-refractivity contribution in [1.29, 1.82) is 0 Å². The zero-order chi connectivity index (χ0) is 35.3. The molecule has 4 aromatic rings. The number of nitrogens with zero attached hydrogens (tertiary/aromatic N) is 3. The van der Waals surface area contributed by atoms with Crippen LogP contribution < -0.4 is 10.1 Å². The van der Waals surface area contributed by atoms with E-state index in [1.54, 1.807) is 11.9 Å². The van der Waals surface area contributed by atoms with Gasteiger partial charge in [0.1, 0.15) is 12.0 Å². The average Bonchev–Trinajstić information content (AvgIpc) is 3.09. The van der Waals surface area contributed by atoms with E-state index in [-0.39, 0.29) is 19.0 Å². The minimum atomic E-state index is -0.851. The van der Waals surface area contributed by atoms with Gasteiger partial charge in [-0.2, -0.15) is 0 Å². The minimum absolute atomic E-state index is 0.0706. The first-order valence-electron chi connectivity index (χ1n) is 17.0. The maximum Gasteiger partial charge on any atom is 0.310 e. The number of amides is 1. The maximum atomic E-state index is 12.7. The first-order chi connectivity index (χ1) is 23.6. The Labute approximate surface area is 289 Å². The van der Waals surface area contributed by atoms with Crippen LogP contribution in [-0.4, -0.2) is 70.9 Å². The highest BCUT2D eigenvalue weighted by Crippen LogP contribution is 2.24. The highest BCUT2D eigenvalue weighted by atomic mass is 16.5. The van der Waals surface area contributed by atoms with Crippen LogP contribution >= 0.6 is 0 Å². The lowest BCUT2D eigenvalue weighted by Crippen LogP contribution is -2.58. The van der Waals surface area contributed by atoms with Crippen molar-refractivity contribution in [3.05, 3.63) is 102 Å². The van der Waals surface area contributed by atoms with Gasteiger partial charge < -0.3 is 20.1 Å². The van der Waals surface area contributed by atoms with E-state index in [1.165, 1.54) is 5.56 Å². The fourth-order valence-electron chi connectivity index (χ4n) is 5.38. The van der Waals surface area contributed by atoms with Gasteiger partial charge in [-0.05, 0) is 67.0 Å². The zero-order valence-corrected chi connectivity index (χ0v) is 29.1. The van der Waals surface area contributed by atoms with Crippen LogP contribution in [-0.2, 0) is 16.0 Å². The Morgan fingerprint density at radius 1 is 0.898 bits per heavy atom. The molecule has 49 heavy (non-hydrogen) atoms. The predicted molar refractivity (Wildman–Crippen MR) is 193 cm³/mol. The molecule has 1 saturated heterocycles. The van der Waals surface area contributed by atoms with Gasteiger partial charge in [0.2, 0.25) is 5.91 Å². The predicted octanol–water partition coefficient (Wildman–Crippen LogP) is 6.92. The number of carbonyl (C=O) groups excluding carboxylic acids is 2. The molecule has 2 N–H and O–H groups in total. The molecule has 1 aliphatic rings. The van der Waals surface area contributed by atoms with Crippen LogP contribution in [0.3, 0.4) is 0 Å². The number of aromatic nitrogens is 2. The number of carboxylic acids is 1. The van der Waals surface area contributed by atoms with Gasteiger partial charge in [-0.1, -0.05) is 88.4 Å². The van der Waals surface area contributed by atoms with Crippen molar-refractivity contribution in [2.75, 3.05) is 26.7 Å². The summed E-state index contributed by atoms with van der Waals surface area (Å²) in [7, 11) is 1.75. The molecule has 0 bridgehead atoms. The van der Waals surface area contributed by atoms with E-state index in [2.05, 4.69) is 43.0 Å². The van der Waals surface area contributed by atoms with Gasteiger partial charge in [-0.25, -0.2) is 9.97 Å².